The lowest BCUT2D eigenvalue weighted by Crippen LogP contribution is -2.10. The quantitative estimate of drug-likeness (QED) is 0.369. The second-order valence-electron chi connectivity index (χ2n) is 5.71. The van der Waals surface area contributed by atoms with E-state index in [-0.39, 0.29) is 11.3 Å². The predicted octanol–water partition coefficient (Wildman–Crippen LogP) is 4.70. The van der Waals surface area contributed by atoms with Crippen LogP contribution < -0.4 is 5.48 Å². The maximum Gasteiger partial charge on any atom is 0.362 e. The highest BCUT2D eigenvalue weighted by molar-refractivity contribution is 5.94. The average Bonchev–Trinajstić information content (AvgIpc) is 2.77. The molecule has 9 nitrogen and oxygen atoms in total. The van der Waals surface area contributed by atoms with E-state index in [2.05, 4.69) is 15.7 Å². The van der Waals surface area contributed by atoms with Gasteiger partial charge in [-0.3, -0.25) is 14.9 Å². The van der Waals surface area contributed by atoms with E-state index >= 15 is 0 Å². The Labute approximate surface area is 164 Å². The molecule has 1 amide bonds. The average molecular weight is 390 g/mol. The van der Waals surface area contributed by atoms with Crippen molar-refractivity contribution in [1.29, 1.82) is 0 Å². The summed E-state index contributed by atoms with van der Waals surface area (Å²) in [5, 5.41) is 18.2. The van der Waals surface area contributed by atoms with Crippen LogP contribution in [0.4, 0.5) is 17.1 Å². The minimum Gasteiger partial charge on any atom is -0.338 e. The van der Waals surface area contributed by atoms with Gasteiger partial charge in [0.05, 0.1) is 21.9 Å². The SMILES string of the molecule is O=C(N=Nc1ccc(NOC(=O)c2ccc([N+](=O)[O-])cc2)cc1)c1ccccc1. The second-order valence-corrected chi connectivity index (χ2v) is 5.71. The summed E-state index contributed by atoms with van der Waals surface area (Å²) in [7, 11) is 0. The highest BCUT2D eigenvalue weighted by atomic mass is 16.7. The van der Waals surface area contributed by atoms with E-state index in [9.17, 15) is 19.7 Å². The highest BCUT2D eigenvalue weighted by Gasteiger charge is 2.11. The van der Waals surface area contributed by atoms with E-state index in [1.165, 1.54) is 24.3 Å². The zero-order chi connectivity index (χ0) is 20.6. The van der Waals surface area contributed by atoms with Crippen molar-refractivity contribution in [3.8, 4) is 0 Å². The van der Waals surface area contributed by atoms with Crippen LogP contribution in [0, 0.1) is 10.1 Å². The molecule has 0 saturated carbocycles. The molecule has 144 valence electrons. The molecule has 9 heteroatoms. The van der Waals surface area contributed by atoms with Crippen LogP contribution in [0.2, 0.25) is 0 Å². The Bertz CT molecular complexity index is 1050. The van der Waals surface area contributed by atoms with Gasteiger partial charge in [-0.15, -0.1) is 10.2 Å². The Morgan fingerprint density at radius 1 is 0.862 bits per heavy atom. The number of nitrogens with one attached hydrogen (secondary N) is 1. The summed E-state index contributed by atoms with van der Waals surface area (Å²) in [5.41, 5.74) is 3.87. The summed E-state index contributed by atoms with van der Waals surface area (Å²) < 4.78 is 0. The monoisotopic (exact) mass is 390 g/mol. The Kier molecular flexibility index (Phi) is 6.01. The molecule has 29 heavy (non-hydrogen) atoms. The summed E-state index contributed by atoms with van der Waals surface area (Å²) in [6.07, 6.45) is 0. The molecular weight excluding hydrogens is 376 g/mol. The van der Waals surface area contributed by atoms with Gasteiger partial charge in [-0.05, 0) is 48.5 Å². The fourth-order valence-corrected chi connectivity index (χ4v) is 2.22. The van der Waals surface area contributed by atoms with Gasteiger partial charge in [0.25, 0.3) is 11.6 Å². The fourth-order valence-electron chi connectivity index (χ4n) is 2.22. The summed E-state index contributed by atoms with van der Waals surface area (Å²) >= 11 is 0. The Balaban J connectivity index is 1.55. The standard InChI is InChI=1S/C20H14N4O5/c25-19(14-4-2-1-3-5-14)22-21-16-8-10-17(11-9-16)23-29-20(26)15-6-12-18(13-7-15)24(27)28/h1-13,23H. The van der Waals surface area contributed by atoms with Crippen molar-refractivity contribution in [1.82, 2.24) is 0 Å². The number of azo groups is 1. The Morgan fingerprint density at radius 3 is 2.14 bits per heavy atom. The van der Waals surface area contributed by atoms with Crippen LogP contribution >= 0.6 is 0 Å². The first-order valence-corrected chi connectivity index (χ1v) is 8.36. The van der Waals surface area contributed by atoms with E-state index in [0.717, 1.165) is 0 Å². The van der Waals surface area contributed by atoms with Gasteiger partial charge < -0.3 is 4.84 Å². The molecule has 0 heterocycles. The molecule has 3 aromatic rings. The number of nitrogens with zero attached hydrogens (tertiary/aromatic N) is 3. The number of nitro benzene ring substituents is 1. The summed E-state index contributed by atoms with van der Waals surface area (Å²) in [6.45, 7) is 0. The number of hydrogen-bond acceptors (Lipinski definition) is 7. The van der Waals surface area contributed by atoms with Crippen molar-refractivity contribution in [3.05, 3.63) is 100 Å². The maximum absolute atomic E-state index is 12.0. The molecule has 0 spiro atoms. The molecule has 0 aliphatic rings. The largest absolute Gasteiger partial charge is 0.362 e. The first-order valence-electron chi connectivity index (χ1n) is 8.36. The molecule has 3 aromatic carbocycles. The van der Waals surface area contributed by atoms with Gasteiger partial charge in [0, 0.05) is 17.7 Å². The van der Waals surface area contributed by atoms with Gasteiger partial charge in [-0.25, -0.2) is 10.3 Å². The zero-order valence-electron chi connectivity index (χ0n) is 14.9. The number of carbonyl (C=O) groups is 2. The van der Waals surface area contributed by atoms with Gasteiger partial charge in [-0.2, -0.15) is 0 Å². The number of rotatable bonds is 6. The number of nitro groups is 1. The van der Waals surface area contributed by atoms with Gasteiger partial charge in [-0.1, -0.05) is 18.2 Å². The number of hydrogen-bond donors (Lipinski definition) is 1. The lowest BCUT2D eigenvalue weighted by molar-refractivity contribution is -0.384. The van der Waals surface area contributed by atoms with Crippen LogP contribution in [0.5, 0.6) is 0 Å². The van der Waals surface area contributed by atoms with Crippen LogP contribution in [-0.2, 0) is 4.84 Å². The molecule has 0 aromatic heterocycles. The van der Waals surface area contributed by atoms with E-state index in [4.69, 9.17) is 4.84 Å². The van der Waals surface area contributed by atoms with E-state index < -0.39 is 16.8 Å². The molecule has 0 unspecified atom stereocenters. The summed E-state index contributed by atoms with van der Waals surface area (Å²) in [6, 6.07) is 19.9. The normalized spacial score (nSPS) is 10.5. The number of amides is 1. The van der Waals surface area contributed by atoms with E-state index in [0.29, 0.717) is 16.9 Å². The Hall–Kier alpha value is -4.40. The van der Waals surface area contributed by atoms with Crippen molar-refractivity contribution < 1.29 is 19.3 Å². The third-order valence-electron chi connectivity index (χ3n) is 3.72. The van der Waals surface area contributed by atoms with E-state index in [1.807, 2.05) is 0 Å². The second kappa shape index (κ2) is 9.00. The first kappa shape index (κ1) is 19.4. The molecular formula is C20H14N4O5. The smallest absolute Gasteiger partial charge is 0.338 e. The lowest BCUT2D eigenvalue weighted by atomic mass is 10.2. The molecule has 0 bridgehead atoms. The maximum atomic E-state index is 12.0. The van der Waals surface area contributed by atoms with Crippen molar-refractivity contribution >= 4 is 28.9 Å². The molecule has 0 saturated heterocycles. The number of carbonyl (C=O) groups excluding carboxylic acids is 2. The minimum absolute atomic E-state index is 0.120. The molecule has 0 aliphatic carbocycles. The molecule has 3 rings (SSSR count). The van der Waals surface area contributed by atoms with Crippen molar-refractivity contribution in [2.75, 3.05) is 5.48 Å². The molecule has 0 aliphatic heterocycles. The van der Waals surface area contributed by atoms with Crippen LogP contribution in [0.3, 0.4) is 0 Å². The summed E-state index contributed by atoms with van der Waals surface area (Å²) in [4.78, 5) is 38.8. The number of anilines is 1. The highest BCUT2D eigenvalue weighted by Crippen LogP contribution is 2.18. The first-order chi connectivity index (χ1) is 14.0. The zero-order valence-corrected chi connectivity index (χ0v) is 14.9. The van der Waals surface area contributed by atoms with Gasteiger partial charge in [0.1, 0.15) is 0 Å². The van der Waals surface area contributed by atoms with Crippen LogP contribution in [0.25, 0.3) is 0 Å². The molecule has 0 radical (unpaired) electrons. The molecule has 0 atom stereocenters. The van der Waals surface area contributed by atoms with Crippen LogP contribution in [0.1, 0.15) is 20.7 Å². The third-order valence-corrected chi connectivity index (χ3v) is 3.72. The predicted molar refractivity (Wildman–Crippen MR) is 104 cm³/mol. The number of non-ortho nitro benzene ring substituents is 1. The van der Waals surface area contributed by atoms with Crippen LogP contribution in [0.15, 0.2) is 89.1 Å². The fraction of sp³-hybridized carbons (Fsp3) is 0. The van der Waals surface area contributed by atoms with Gasteiger partial charge in [0.15, 0.2) is 0 Å². The summed E-state index contributed by atoms with van der Waals surface area (Å²) in [5.74, 6) is -1.15. The van der Waals surface area contributed by atoms with E-state index in [1.54, 1.807) is 54.6 Å². The van der Waals surface area contributed by atoms with Crippen molar-refractivity contribution in [2.45, 2.75) is 0 Å². The molecule has 0 fully saturated rings. The third kappa shape index (κ3) is 5.30. The van der Waals surface area contributed by atoms with Crippen LogP contribution in [-0.4, -0.2) is 16.8 Å². The lowest BCUT2D eigenvalue weighted by Gasteiger charge is -2.06. The minimum atomic E-state index is -0.697. The van der Waals surface area contributed by atoms with Gasteiger partial charge >= 0.3 is 5.97 Å². The molecule has 1 N–H and O–H groups in total. The topological polar surface area (TPSA) is 123 Å². The van der Waals surface area contributed by atoms with Crippen molar-refractivity contribution in [2.24, 2.45) is 10.2 Å². The van der Waals surface area contributed by atoms with Crippen molar-refractivity contribution in [3.63, 3.8) is 0 Å². The number of benzene rings is 3. The Morgan fingerprint density at radius 2 is 1.52 bits per heavy atom. The van der Waals surface area contributed by atoms with Gasteiger partial charge in [0.2, 0.25) is 0 Å².